The lowest BCUT2D eigenvalue weighted by Gasteiger charge is -2.29. The molecule has 0 bridgehead atoms. The molecule has 1 rings (SSSR count). The van der Waals surface area contributed by atoms with Crippen LogP contribution in [0.1, 0.15) is 252 Å². The Morgan fingerprint density at radius 2 is 0.918 bits per heavy atom. The summed E-state index contributed by atoms with van der Waals surface area (Å²) in [5.74, 6) is -0.271. The fourth-order valence-corrected chi connectivity index (χ4v) is 8.59. The maximum atomic E-state index is 12.9. The molecule has 358 valence electrons. The number of Topliss-reactive ketones (excluding diaryl/α,β-unsaturated/α-hetero) is 1. The first-order valence-corrected chi connectivity index (χ1v) is 26.3. The quantitative estimate of drug-likeness (QED) is 0.0406. The molecule has 0 aliphatic heterocycles. The SMILES string of the molecule is CCCCCCCCC(CC)OC(=O)CCCCCCCN(CCCCCCCC(=O)OC(CCCCCCCC)CCCCCCCC)CCCNC1=C(NC)C(=O)C1O. The lowest BCUT2D eigenvalue weighted by atomic mass is 9.95. The Morgan fingerprint density at radius 1 is 0.541 bits per heavy atom. The first kappa shape index (κ1) is 56.9. The summed E-state index contributed by atoms with van der Waals surface area (Å²) in [7, 11) is 1.71. The zero-order chi connectivity index (χ0) is 44.6. The monoisotopic (exact) mass is 862 g/mol. The Morgan fingerprint density at radius 3 is 1.36 bits per heavy atom. The Labute approximate surface area is 376 Å². The van der Waals surface area contributed by atoms with Crippen molar-refractivity contribution >= 4 is 17.7 Å². The average Bonchev–Trinajstić information content (AvgIpc) is 3.26. The highest BCUT2D eigenvalue weighted by Gasteiger charge is 2.37. The molecule has 0 radical (unpaired) electrons. The second-order valence-electron chi connectivity index (χ2n) is 18.3. The molecule has 2 unspecified atom stereocenters. The predicted molar refractivity (Wildman–Crippen MR) is 256 cm³/mol. The van der Waals surface area contributed by atoms with E-state index in [0.717, 1.165) is 122 Å². The minimum Gasteiger partial charge on any atom is -0.462 e. The number of hydrogen-bond donors (Lipinski definition) is 3. The molecule has 0 aromatic heterocycles. The van der Waals surface area contributed by atoms with E-state index in [2.05, 4.69) is 43.2 Å². The molecule has 3 N–H and O–H groups in total. The molecule has 1 aliphatic carbocycles. The lowest BCUT2D eigenvalue weighted by molar-refractivity contribution is -0.150. The van der Waals surface area contributed by atoms with Gasteiger partial charge in [0.1, 0.15) is 17.9 Å². The molecule has 0 heterocycles. The number of nitrogens with zero attached hydrogens (tertiary/aromatic N) is 1. The molecule has 9 nitrogen and oxygen atoms in total. The highest BCUT2D eigenvalue weighted by Crippen LogP contribution is 2.21. The van der Waals surface area contributed by atoms with Gasteiger partial charge in [-0.2, -0.15) is 0 Å². The molecule has 9 heteroatoms. The van der Waals surface area contributed by atoms with Crippen molar-refractivity contribution in [2.24, 2.45) is 0 Å². The van der Waals surface area contributed by atoms with E-state index in [1.807, 2.05) is 0 Å². The van der Waals surface area contributed by atoms with Crippen LogP contribution in [0.5, 0.6) is 0 Å². The number of aliphatic hydroxyl groups excluding tert-OH is 1. The third kappa shape index (κ3) is 30.6. The van der Waals surface area contributed by atoms with Crippen LogP contribution in [-0.2, 0) is 23.9 Å². The molecule has 0 amide bonds. The number of unbranched alkanes of at least 4 members (excludes halogenated alkanes) is 23. The van der Waals surface area contributed by atoms with Gasteiger partial charge in [0, 0.05) is 26.4 Å². The maximum absolute atomic E-state index is 12.9. The van der Waals surface area contributed by atoms with E-state index in [-0.39, 0.29) is 29.9 Å². The normalized spacial score (nSPS) is 14.5. The number of carbonyl (C=O) groups excluding carboxylic acids is 3. The van der Waals surface area contributed by atoms with Gasteiger partial charge in [-0.15, -0.1) is 0 Å². The summed E-state index contributed by atoms with van der Waals surface area (Å²) in [6.45, 7) is 12.7. The van der Waals surface area contributed by atoms with Crippen molar-refractivity contribution in [3.63, 3.8) is 0 Å². The van der Waals surface area contributed by atoms with E-state index in [0.29, 0.717) is 30.8 Å². The smallest absolute Gasteiger partial charge is 0.306 e. The summed E-state index contributed by atoms with van der Waals surface area (Å²) in [6, 6.07) is 0. The molecule has 0 saturated heterocycles. The van der Waals surface area contributed by atoms with Gasteiger partial charge < -0.3 is 30.1 Å². The third-order valence-corrected chi connectivity index (χ3v) is 12.7. The number of ether oxygens (including phenoxy) is 2. The molecule has 2 atom stereocenters. The van der Waals surface area contributed by atoms with E-state index in [9.17, 15) is 19.5 Å². The predicted octanol–water partition coefficient (Wildman–Crippen LogP) is 12.8. The summed E-state index contributed by atoms with van der Waals surface area (Å²) in [4.78, 5) is 39.8. The topological polar surface area (TPSA) is 117 Å². The highest BCUT2D eigenvalue weighted by molar-refractivity contribution is 6.07. The molecule has 0 spiro atoms. The molecule has 61 heavy (non-hydrogen) atoms. The van der Waals surface area contributed by atoms with Crippen molar-refractivity contribution in [3.8, 4) is 0 Å². The molecule has 0 aromatic carbocycles. The number of hydrogen-bond acceptors (Lipinski definition) is 9. The average molecular weight is 862 g/mol. The van der Waals surface area contributed by atoms with Crippen LogP contribution in [0.25, 0.3) is 0 Å². The maximum Gasteiger partial charge on any atom is 0.306 e. The molecular formula is C52H99N3O6. The van der Waals surface area contributed by atoms with E-state index >= 15 is 0 Å². The molecule has 0 fully saturated rings. The van der Waals surface area contributed by atoms with Crippen LogP contribution in [0.4, 0.5) is 0 Å². The molecule has 0 saturated carbocycles. The van der Waals surface area contributed by atoms with Crippen LogP contribution in [0.15, 0.2) is 11.4 Å². The number of carbonyl (C=O) groups is 3. The third-order valence-electron chi connectivity index (χ3n) is 12.7. The van der Waals surface area contributed by atoms with Crippen molar-refractivity contribution in [2.45, 2.75) is 271 Å². The van der Waals surface area contributed by atoms with Crippen LogP contribution in [0, 0.1) is 0 Å². The van der Waals surface area contributed by atoms with E-state index in [1.165, 1.54) is 109 Å². The van der Waals surface area contributed by atoms with Crippen molar-refractivity contribution < 1.29 is 29.0 Å². The van der Waals surface area contributed by atoms with E-state index in [4.69, 9.17) is 9.47 Å². The Hall–Kier alpha value is -2.13. The number of likely N-dealkylation sites (N-methyl/N-ethyl adjacent to an activating group) is 1. The Balaban J connectivity index is 2.40. The van der Waals surface area contributed by atoms with Gasteiger partial charge in [0.15, 0.2) is 6.10 Å². The highest BCUT2D eigenvalue weighted by atomic mass is 16.5. The van der Waals surface area contributed by atoms with Gasteiger partial charge >= 0.3 is 11.9 Å². The number of esters is 2. The zero-order valence-electron chi connectivity index (χ0n) is 40.7. The van der Waals surface area contributed by atoms with Gasteiger partial charge in [-0.1, -0.05) is 163 Å². The summed E-state index contributed by atoms with van der Waals surface area (Å²) in [6.07, 6.45) is 38.7. The van der Waals surface area contributed by atoms with Crippen LogP contribution in [-0.4, -0.2) is 79.3 Å². The van der Waals surface area contributed by atoms with Gasteiger partial charge in [-0.25, -0.2) is 0 Å². The van der Waals surface area contributed by atoms with Crippen molar-refractivity contribution in [3.05, 3.63) is 11.4 Å². The van der Waals surface area contributed by atoms with Crippen LogP contribution in [0.2, 0.25) is 0 Å². The van der Waals surface area contributed by atoms with Gasteiger partial charge in [0.05, 0.1) is 5.70 Å². The van der Waals surface area contributed by atoms with Crippen molar-refractivity contribution in [1.29, 1.82) is 0 Å². The van der Waals surface area contributed by atoms with Crippen LogP contribution in [0.3, 0.4) is 0 Å². The second kappa shape index (κ2) is 40.6. The van der Waals surface area contributed by atoms with Gasteiger partial charge in [0.25, 0.3) is 0 Å². The summed E-state index contributed by atoms with van der Waals surface area (Å²) < 4.78 is 11.9. The first-order valence-electron chi connectivity index (χ1n) is 26.3. The number of ketones is 1. The van der Waals surface area contributed by atoms with E-state index in [1.54, 1.807) is 7.05 Å². The lowest BCUT2D eigenvalue weighted by Crippen LogP contribution is -2.47. The number of nitrogens with one attached hydrogen (secondary N) is 2. The van der Waals surface area contributed by atoms with Crippen molar-refractivity contribution in [2.75, 3.05) is 33.2 Å². The van der Waals surface area contributed by atoms with Crippen LogP contribution < -0.4 is 10.6 Å². The molecule has 1 aliphatic rings. The van der Waals surface area contributed by atoms with Gasteiger partial charge in [-0.3, -0.25) is 14.4 Å². The number of aliphatic hydroxyl groups is 1. The van der Waals surface area contributed by atoms with E-state index < -0.39 is 6.10 Å². The Kier molecular flexibility index (Phi) is 37.9. The minimum atomic E-state index is -1.03. The number of rotatable bonds is 46. The second-order valence-corrected chi connectivity index (χ2v) is 18.3. The largest absolute Gasteiger partial charge is 0.462 e. The standard InChI is InChI=1S/C52H99N3O6/c1-6-10-13-16-21-28-36-45(9-4)60-47(56)39-31-24-19-26-33-42-55(44-35-41-54-50-49(53-5)51(58)52(50)59)43-34-27-20-25-32-40-48(57)61-46(37-29-22-17-14-11-7-2)38-30-23-18-15-12-8-3/h45-46,52-54,59H,6-44H2,1-5H3. The zero-order valence-corrected chi connectivity index (χ0v) is 40.7. The van der Waals surface area contributed by atoms with Crippen molar-refractivity contribution in [1.82, 2.24) is 15.5 Å². The molecular weight excluding hydrogens is 763 g/mol. The summed E-state index contributed by atoms with van der Waals surface area (Å²) in [5, 5.41) is 16.2. The van der Waals surface area contributed by atoms with Crippen LogP contribution >= 0.6 is 0 Å². The Bertz CT molecular complexity index is 1080. The minimum absolute atomic E-state index is 0.00186. The van der Waals surface area contributed by atoms with Gasteiger partial charge in [-0.05, 0) is 96.7 Å². The summed E-state index contributed by atoms with van der Waals surface area (Å²) in [5.41, 5.74) is 1.10. The molecule has 0 aromatic rings. The summed E-state index contributed by atoms with van der Waals surface area (Å²) >= 11 is 0. The van der Waals surface area contributed by atoms with Gasteiger partial charge in [0.2, 0.25) is 5.78 Å². The fraction of sp³-hybridized carbons (Fsp3) is 0.904. The first-order chi connectivity index (χ1) is 29.8. The fourth-order valence-electron chi connectivity index (χ4n) is 8.59.